The van der Waals surface area contributed by atoms with Crippen LogP contribution in [0.15, 0.2) is 11.6 Å². The Morgan fingerprint density at radius 2 is 1.28 bits per heavy atom. The lowest BCUT2D eigenvalue weighted by molar-refractivity contribution is -0.365. The average molecular weight is 1090 g/mol. The molecule has 1 unspecified atom stereocenters. The molecule has 0 radical (unpaired) electrons. The lowest BCUT2D eigenvalue weighted by Gasteiger charge is -2.72. The van der Waals surface area contributed by atoms with Gasteiger partial charge in [0, 0.05) is 5.41 Å². The fourth-order valence-corrected chi connectivity index (χ4v) is 16.2. The molecule has 0 aromatic heterocycles. The van der Waals surface area contributed by atoms with E-state index in [2.05, 4.69) is 40.7 Å². The topological polar surface area (TPSA) is 374 Å². The van der Waals surface area contributed by atoms with E-state index in [-0.39, 0.29) is 43.3 Å². The number of rotatable bonds is 11. The first-order valence-corrected chi connectivity index (χ1v) is 27.4. The molecular weight excluding hydrogens is 1000 g/mol. The highest BCUT2D eigenvalue weighted by Crippen LogP contribution is 2.76. The van der Waals surface area contributed by atoms with Gasteiger partial charge in [0.25, 0.3) is 0 Å². The van der Waals surface area contributed by atoms with Crippen molar-refractivity contribution < 1.29 is 114 Å². The van der Waals surface area contributed by atoms with E-state index in [0.717, 1.165) is 5.57 Å². The van der Waals surface area contributed by atoms with E-state index in [1.54, 1.807) is 0 Å². The Morgan fingerprint density at radius 1 is 0.645 bits per heavy atom. The highest BCUT2D eigenvalue weighted by molar-refractivity contribution is 5.80. The minimum Gasteiger partial charge on any atom is -0.432 e. The molecule has 4 saturated heterocycles. The molecule has 0 amide bonds. The summed E-state index contributed by atoms with van der Waals surface area (Å²) in [4.78, 5) is 15.1. The van der Waals surface area contributed by atoms with Gasteiger partial charge in [0.05, 0.1) is 44.7 Å². The Morgan fingerprint density at radius 3 is 1.95 bits per heavy atom. The van der Waals surface area contributed by atoms with Crippen LogP contribution in [0.25, 0.3) is 0 Å². The van der Waals surface area contributed by atoms with Crippen LogP contribution >= 0.6 is 0 Å². The molecule has 0 aromatic carbocycles. The number of hydrogen-bond acceptors (Lipinski definition) is 23. The zero-order valence-corrected chi connectivity index (χ0v) is 44.6. The molecule has 23 nitrogen and oxygen atoms in total. The molecule has 9 aliphatic rings. The van der Waals surface area contributed by atoms with Gasteiger partial charge >= 0.3 is 5.97 Å². The van der Waals surface area contributed by atoms with E-state index < -0.39 is 181 Å². The second-order valence-corrected chi connectivity index (χ2v) is 25.8. The zero-order valence-electron chi connectivity index (χ0n) is 44.6. The summed E-state index contributed by atoms with van der Waals surface area (Å²) in [6.45, 7) is 12.6. The van der Waals surface area contributed by atoms with E-state index in [1.807, 2.05) is 6.92 Å². The van der Waals surface area contributed by atoms with Crippen molar-refractivity contribution in [2.75, 3.05) is 26.4 Å². The van der Waals surface area contributed by atoms with Crippen molar-refractivity contribution in [1.29, 1.82) is 0 Å². The third kappa shape index (κ3) is 9.37. The maximum atomic E-state index is 15.1. The van der Waals surface area contributed by atoms with Crippen LogP contribution in [0.1, 0.15) is 106 Å². The van der Waals surface area contributed by atoms with E-state index in [1.165, 1.54) is 6.92 Å². The molecule has 23 heteroatoms. The molecule has 0 spiro atoms. The minimum atomic E-state index is -1.93. The van der Waals surface area contributed by atoms with Gasteiger partial charge in [-0.25, -0.2) is 0 Å². The van der Waals surface area contributed by atoms with Crippen molar-refractivity contribution in [3.63, 3.8) is 0 Å². The first-order valence-electron chi connectivity index (χ1n) is 27.4. The lowest BCUT2D eigenvalue weighted by Crippen LogP contribution is -2.69. The van der Waals surface area contributed by atoms with E-state index in [0.29, 0.717) is 44.9 Å². The predicted octanol–water partition coefficient (Wildman–Crippen LogP) is -2.43. The van der Waals surface area contributed by atoms with Crippen LogP contribution in [0.5, 0.6) is 0 Å². The monoisotopic (exact) mass is 1090 g/mol. The predicted molar refractivity (Wildman–Crippen MR) is 258 cm³/mol. The number of aliphatic hydroxyl groups excluding tert-OH is 14. The Bertz CT molecular complexity index is 2100. The summed E-state index contributed by atoms with van der Waals surface area (Å²) in [6.07, 6.45) is -24.9. The molecule has 76 heavy (non-hydrogen) atoms. The van der Waals surface area contributed by atoms with Crippen molar-refractivity contribution in [1.82, 2.24) is 0 Å². The van der Waals surface area contributed by atoms with Crippen LogP contribution in [-0.2, 0) is 42.7 Å². The van der Waals surface area contributed by atoms with Crippen LogP contribution in [0.3, 0.4) is 0 Å². The van der Waals surface area contributed by atoms with Crippen LogP contribution < -0.4 is 0 Å². The van der Waals surface area contributed by atoms with Crippen molar-refractivity contribution in [2.45, 2.75) is 235 Å². The number of allylic oxidation sites excluding steroid dienone is 2. The van der Waals surface area contributed by atoms with E-state index in [4.69, 9.17) is 37.9 Å². The third-order valence-electron chi connectivity index (χ3n) is 21.1. The summed E-state index contributed by atoms with van der Waals surface area (Å²) >= 11 is 0. The summed E-state index contributed by atoms with van der Waals surface area (Å²) in [7, 11) is 0. The van der Waals surface area contributed by atoms with Gasteiger partial charge in [-0.3, -0.25) is 4.79 Å². The second-order valence-electron chi connectivity index (χ2n) is 25.8. The summed E-state index contributed by atoms with van der Waals surface area (Å²) in [5.41, 5.74) is -3.08. The summed E-state index contributed by atoms with van der Waals surface area (Å²) < 4.78 is 47.4. The molecule has 29 atom stereocenters. The summed E-state index contributed by atoms with van der Waals surface area (Å²) in [5.74, 6) is -1.45. The standard InChI is InChI=1S/C53H86O23/c1-22-32(58)36(62)40(66)44(71-22)75-42-33(59)25(56)19-69-46(42)74-31-11-12-49(4)28(50(31,5)21-55)10-13-51(6)29(49)9-8-23-24-16-48(2,3)14-15-53(24,30(57)17-52(23,51)7)47(68)76-45-41(67)38(64)35(61)27(73-45)20-70-43-39(65)37(63)34(60)26(18-54)72-43/h8,22,24-46,54-67H,9-21H2,1-7H3/t22-,24+,25-,26+,27+,28?,29+,30+,31-,32-,33-,34+,35+,36+,37-,38-,39+,40+,41+,42+,43+,44-,45-,46-,49-,50-,51+,52+,53+/m0/s1. The van der Waals surface area contributed by atoms with Crippen molar-refractivity contribution in [2.24, 2.45) is 50.2 Å². The normalized spacial score (nSPS) is 55.2. The molecule has 8 fully saturated rings. The molecule has 0 aromatic rings. The Balaban J connectivity index is 0.946. The first-order chi connectivity index (χ1) is 35.5. The van der Waals surface area contributed by atoms with Crippen molar-refractivity contribution in [3.8, 4) is 0 Å². The quantitative estimate of drug-likeness (QED) is 0.0581. The molecule has 4 aliphatic heterocycles. The van der Waals surface area contributed by atoms with Gasteiger partial charge in [0.2, 0.25) is 6.29 Å². The second kappa shape index (κ2) is 21.3. The van der Waals surface area contributed by atoms with E-state index in [9.17, 15) is 71.5 Å². The third-order valence-corrected chi connectivity index (χ3v) is 21.1. The van der Waals surface area contributed by atoms with Gasteiger partial charge in [-0.15, -0.1) is 0 Å². The SMILES string of the molecule is C[C@@H]1O[C@@H](O[C@H]2[C@H](O[C@H]3CC[C@@]4(C)C(CC[C@]5(C)[C@@H]4CC=C4[C@H]6CC(C)(C)CC[C@]6(C(=O)O[C@@H]6O[C@H](CO[C@@H]7O[C@H](CO)[C@@H](O)[C@H](O)[C@H]7O)[C@@H](O)[C@H](O)[C@H]6O)[C@H](O)C[C@]45C)[C@]3(C)CO)OC[C@H](O)[C@@H]2O)[C@H](O)[C@H](O)[C@H]1O. The highest BCUT2D eigenvalue weighted by atomic mass is 16.8. The van der Waals surface area contributed by atoms with Crippen LogP contribution in [-0.4, -0.2) is 233 Å². The Hall–Kier alpha value is -1.63. The highest BCUT2D eigenvalue weighted by Gasteiger charge is 2.72. The number of carbonyl (C=O) groups excluding carboxylic acids is 1. The van der Waals surface area contributed by atoms with Crippen LogP contribution in [0, 0.1) is 50.2 Å². The van der Waals surface area contributed by atoms with Crippen molar-refractivity contribution >= 4 is 5.97 Å². The Labute approximate surface area is 442 Å². The smallest absolute Gasteiger partial charge is 0.317 e. The maximum absolute atomic E-state index is 15.1. The minimum absolute atomic E-state index is 0.0242. The number of aliphatic hydroxyl groups is 14. The summed E-state index contributed by atoms with van der Waals surface area (Å²) in [5, 5.41) is 152. The Kier molecular flexibility index (Phi) is 16.5. The largest absolute Gasteiger partial charge is 0.432 e. The maximum Gasteiger partial charge on any atom is 0.317 e. The van der Waals surface area contributed by atoms with Gasteiger partial charge in [-0.2, -0.15) is 0 Å². The van der Waals surface area contributed by atoms with Crippen LogP contribution in [0.4, 0.5) is 0 Å². The molecular formula is C53H86O23. The number of hydrogen-bond donors (Lipinski definition) is 14. The number of carbonyl (C=O) groups is 1. The average Bonchev–Trinajstić information content (AvgIpc) is 3.56. The number of fused-ring (bicyclic) bond motifs is 7. The number of ether oxygens (including phenoxy) is 8. The summed E-state index contributed by atoms with van der Waals surface area (Å²) in [6, 6.07) is 0. The van der Waals surface area contributed by atoms with Crippen LogP contribution in [0.2, 0.25) is 0 Å². The van der Waals surface area contributed by atoms with Gasteiger partial charge in [0.1, 0.15) is 90.9 Å². The molecule has 0 bridgehead atoms. The molecule has 9 rings (SSSR count). The zero-order chi connectivity index (χ0) is 55.6. The molecule has 14 N–H and O–H groups in total. The molecule has 4 heterocycles. The number of esters is 1. The molecule has 5 aliphatic carbocycles. The van der Waals surface area contributed by atoms with Gasteiger partial charge < -0.3 is 109 Å². The van der Waals surface area contributed by atoms with Gasteiger partial charge in [-0.1, -0.05) is 53.2 Å². The van der Waals surface area contributed by atoms with E-state index >= 15 is 4.79 Å². The lowest BCUT2D eigenvalue weighted by atomic mass is 9.33. The molecule has 4 saturated carbocycles. The fourth-order valence-electron chi connectivity index (χ4n) is 16.2. The van der Waals surface area contributed by atoms with Crippen molar-refractivity contribution in [3.05, 3.63) is 11.6 Å². The first kappa shape index (κ1) is 59.0. The molecule has 436 valence electrons. The van der Waals surface area contributed by atoms with Gasteiger partial charge in [-0.05, 0) is 104 Å². The van der Waals surface area contributed by atoms with Gasteiger partial charge in [0.15, 0.2) is 18.9 Å². The fraction of sp³-hybridized carbons (Fsp3) is 0.943.